The minimum absolute atomic E-state index is 0. The van der Waals surface area contributed by atoms with Gasteiger partial charge in [-0.05, 0) is 58.1 Å². The molecule has 245 valence electrons. The van der Waals surface area contributed by atoms with Gasteiger partial charge in [0, 0.05) is 53.5 Å². The standard InChI is InChI=1S/C24H15FNO.C18H24NSi.Ir/c1-15-14-26-22(13-21(15)16-6-3-2-4-7-16)20-9-5-8-19-18-11-10-17(25)12-23(18)27-24(19)20;1-13(2)16-11-17(15-9-7-14(3)8-10-15)19-12-18(16)20(4,5)6;/h2-8,10-14H,1H3;7-9,11-13H,1-6H3;/q2*-1;/i1D3;3D3,13D;. The van der Waals surface area contributed by atoms with Gasteiger partial charge in [-0.25, -0.2) is 4.39 Å². The van der Waals surface area contributed by atoms with E-state index in [-0.39, 0.29) is 37.0 Å². The Morgan fingerprint density at radius 3 is 2.33 bits per heavy atom. The first-order valence-electron chi connectivity index (χ1n) is 18.8. The van der Waals surface area contributed by atoms with Gasteiger partial charge in [-0.3, -0.25) is 0 Å². The van der Waals surface area contributed by atoms with Crippen molar-refractivity contribution < 1.29 is 38.5 Å². The second-order valence-corrected chi connectivity index (χ2v) is 17.7. The molecule has 0 fully saturated rings. The summed E-state index contributed by atoms with van der Waals surface area (Å²) in [5.74, 6) is -1.09. The third-order valence-corrected chi connectivity index (χ3v) is 9.99. The number of benzene rings is 4. The van der Waals surface area contributed by atoms with E-state index in [1.165, 1.54) is 29.6 Å². The molecule has 4 aromatic carbocycles. The second kappa shape index (κ2) is 14.5. The molecule has 0 saturated heterocycles. The number of furan rings is 1. The molecule has 0 bridgehead atoms. The number of fused-ring (bicyclic) bond motifs is 3. The van der Waals surface area contributed by atoms with Gasteiger partial charge in [-0.1, -0.05) is 99.3 Å². The summed E-state index contributed by atoms with van der Waals surface area (Å²) in [6.07, 6.45) is 3.28. The second-order valence-electron chi connectivity index (χ2n) is 12.7. The number of rotatable bonds is 5. The Bertz CT molecular complexity index is 2450. The molecule has 0 spiro atoms. The van der Waals surface area contributed by atoms with E-state index in [1.807, 2.05) is 62.5 Å². The van der Waals surface area contributed by atoms with E-state index in [9.17, 15) is 4.39 Å². The quantitative estimate of drug-likeness (QED) is 0.128. The maximum Gasteiger partial charge on any atom is 0.126 e. The molecule has 1 radical (unpaired) electrons. The zero-order valence-corrected chi connectivity index (χ0v) is 30.7. The van der Waals surface area contributed by atoms with Crippen LogP contribution >= 0.6 is 0 Å². The molecule has 0 amide bonds. The first-order valence-corrected chi connectivity index (χ1v) is 18.8. The van der Waals surface area contributed by atoms with Gasteiger partial charge in [-0.2, -0.15) is 0 Å². The summed E-state index contributed by atoms with van der Waals surface area (Å²) in [5, 5.41) is 2.80. The largest absolute Gasteiger partial charge is 0.500 e. The Hall–Kier alpha value is -4.22. The van der Waals surface area contributed by atoms with Crippen LogP contribution in [0.4, 0.5) is 4.39 Å². The Morgan fingerprint density at radius 2 is 1.65 bits per heavy atom. The van der Waals surface area contributed by atoms with Crippen LogP contribution < -0.4 is 5.19 Å². The first kappa shape index (κ1) is 26.7. The number of hydrogen-bond acceptors (Lipinski definition) is 3. The van der Waals surface area contributed by atoms with E-state index >= 15 is 0 Å². The summed E-state index contributed by atoms with van der Waals surface area (Å²) < 4.78 is 74.1. The van der Waals surface area contributed by atoms with E-state index in [2.05, 4.69) is 41.7 Å². The average Bonchev–Trinajstić information content (AvgIpc) is 3.48. The minimum Gasteiger partial charge on any atom is -0.500 e. The van der Waals surface area contributed by atoms with Gasteiger partial charge in [0.25, 0.3) is 0 Å². The average molecular weight is 834 g/mol. The maximum atomic E-state index is 13.7. The van der Waals surface area contributed by atoms with Crippen LogP contribution in [0, 0.1) is 31.7 Å². The van der Waals surface area contributed by atoms with Gasteiger partial charge in [0.15, 0.2) is 0 Å². The van der Waals surface area contributed by atoms with Crippen molar-refractivity contribution in [3.63, 3.8) is 0 Å². The molecule has 3 nitrogen and oxygen atoms in total. The Morgan fingerprint density at radius 1 is 0.854 bits per heavy atom. The van der Waals surface area contributed by atoms with Crippen molar-refractivity contribution in [3.05, 3.63) is 138 Å². The van der Waals surface area contributed by atoms with Gasteiger partial charge in [0.2, 0.25) is 0 Å². The molecule has 0 aliphatic rings. The smallest absolute Gasteiger partial charge is 0.126 e. The van der Waals surface area contributed by atoms with Crippen LogP contribution in [0.2, 0.25) is 19.6 Å². The van der Waals surface area contributed by atoms with Crippen molar-refractivity contribution >= 4 is 35.2 Å². The molecule has 6 heteroatoms. The maximum absolute atomic E-state index is 13.7. The van der Waals surface area contributed by atoms with Gasteiger partial charge in [0.05, 0.1) is 13.7 Å². The van der Waals surface area contributed by atoms with Gasteiger partial charge in [-0.15, -0.1) is 53.6 Å². The summed E-state index contributed by atoms with van der Waals surface area (Å²) in [6, 6.07) is 32.1. The van der Waals surface area contributed by atoms with Crippen LogP contribution in [0.5, 0.6) is 0 Å². The van der Waals surface area contributed by atoms with Crippen LogP contribution in [0.3, 0.4) is 0 Å². The van der Waals surface area contributed by atoms with Crippen molar-refractivity contribution in [3.8, 4) is 33.6 Å². The molecule has 0 saturated carbocycles. The number of aryl methyl sites for hydroxylation is 2. The predicted molar refractivity (Wildman–Crippen MR) is 196 cm³/mol. The zero-order valence-electron chi connectivity index (χ0n) is 34.3. The molecular weight excluding hydrogens is 788 g/mol. The third kappa shape index (κ3) is 7.42. The van der Waals surface area contributed by atoms with Crippen molar-refractivity contribution in [1.29, 1.82) is 0 Å². The normalized spacial score (nSPS) is 14.2. The molecule has 0 aliphatic heterocycles. The van der Waals surface area contributed by atoms with Crippen LogP contribution in [0.1, 0.15) is 46.0 Å². The Balaban J connectivity index is 0.000000213. The van der Waals surface area contributed by atoms with E-state index in [1.54, 1.807) is 30.3 Å². The summed E-state index contributed by atoms with van der Waals surface area (Å²) in [4.78, 5) is 8.98. The molecule has 0 unspecified atom stereocenters. The Labute approximate surface area is 307 Å². The van der Waals surface area contributed by atoms with Gasteiger partial charge < -0.3 is 14.4 Å². The third-order valence-electron chi connectivity index (χ3n) is 7.98. The number of hydrogen-bond donors (Lipinski definition) is 0. The molecule has 7 aromatic rings. The Kier molecular flexibility index (Phi) is 8.06. The first-order chi connectivity index (χ1) is 25.2. The molecule has 3 aromatic heterocycles. The van der Waals surface area contributed by atoms with Crippen molar-refractivity contribution in [1.82, 2.24) is 9.97 Å². The fourth-order valence-corrected chi connectivity index (χ4v) is 7.13. The number of halogens is 1. The minimum atomic E-state index is -2.30. The molecule has 3 heterocycles. The zero-order chi connectivity index (χ0) is 39.2. The fraction of sp³-hybridized carbons (Fsp3) is 0.190. The van der Waals surface area contributed by atoms with E-state index in [0.29, 0.717) is 28.0 Å². The summed E-state index contributed by atoms with van der Waals surface area (Å²) in [5.41, 5.74) is 6.37. The SMILES string of the molecule is [2H]C([2H])([2H])c1c[c-]c(-c2cc(C([2H])(C)C)c([Si](C)(C)C)cn2)cc1.[2H]C([2H])([2H])c1cnc(-c2[c-]ccc3c2oc2cc(F)ccc23)cc1-c1ccccc1.[Ir]. The van der Waals surface area contributed by atoms with Gasteiger partial charge in [0.1, 0.15) is 11.4 Å². The van der Waals surface area contributed by atoms with E-state index in [0.717, 1.165) is 33.2 Å². The van der Waals surface area contributed by atoms with Crippen molar-refractivity contribution in [2.45, 2.75) is 53.1 Å². The van der Waals surface area contributed by atoms with Crippen LogP contribution in [-0.2, 0) is 20.1 Å². The molecule has 0 atom stereocenters. The van der Waals surface area contributed by atoms with Crippen molar-refractivity contribution in [2.75, 3.05) is 0 Å². The predicted octanol–water partition coefficient (Wildman–Crippen LogP) is 11.1. The van der Waals surface area contributed by atoms with E-state index < -0.39 is 27.7 Å². The van der Waals surface area contributed by atoms with E-state index in [4.69, 9.17) is 14.0 Å². The monoisotopic (exact) mass is 834 g/mol. The molecular formula is C42H39FIrN2OSi-2. The number of pyridine rings is 2. The molecule has 48 heavy (non-hydrogen) atoms. The molecule has 7 rings (SSSR count). The van der Waals surface area contributed by atoms with Crippen LogP contribution in [0.15, 0.2) is 108 Å². The summed E-state index contributed by atoms with van der Waals surface area (Å²) >= 11 is 0. The number of aromatic nitrogens is 2. The summed E-state index contributed by atoms with van der Waals surface area (Å²) in [6.45, 7) is 6.08. The van der Waals surface area contributed by atoms with Gasteiger partial charge >= 0.3 is 0 Å². The fourth-order valence-electron chi connectivity index (χ4n) is 5.55. The topological polar surface area (TPSA) is 38.9 Å². The van der Waals surface area contributed by atoms with Crippen LogP contribution in [-0.4, -0.2) is 18.0 Å². The summed E-state index contributed by atoms with van der Waals surface area (Å²) in [7, 11) is -1.61. The molecule has 0 aliphatic carbocycles. The van der Waals surface area contributed by atoms with Crippen LogP contribution in [0.25, 0.3) is 55.6 Å². The molecule has 0 N–H and O–H groups in total. The number of nitrogens with zero attached hydrogens (tertiary/aromatic N) is 2. The van der Waals surface area contributed by atoms with Crippen molar-refractivity contribution in [2.24, 2.45) is 0 Å².